The lowest BCUT2D eigenvalue weighted by molar-refractivity contribution is 0.000296. The van der Waals surface area contributed by atoms with Crippen molar-refractivity contribution in [1.82, 2.24) is 4.90 Å². The normalized spacial score (nSPS) is 12.7. The molecular weight excluding hydrogens is 208 g/mol. The van der Waals surface area contributed by atoms with Gasteiger partial charge >= 0.3 is 0 Å². The van der Waals surface area contributed by atoms with Crippen LogP contribution in [0.15, 0.2) is 0 Å². The molecule has 16 heavy (non-hydrogen) atoms. The Morgan fingerprint density at radius 2 is 2.19 bits per heavy atom. The molecule has 0 saturated heterocycles. The van der Waals surface area contributed by atoms with Crippen molar-refractivity contribution >= 4 is 0 Å². The Bertz CT molecular complexity index is 194. The van der Waals surface area contributed by atoms with Crippen LogP contribution in [0.2, 0.25) is 0 Å². The van der Waals surface area contributed by atoms with Gasteiger partial charge in [0.25, 0.3) is 0 Å². The van der Waals surface area contributed by atoms with E-state index in [2.05, 4.69) is 6.07 Å². The molecule has 0 bridgehead atoms. The largest absolute Gasteiger partial charge is 0.389 e. The van der Waals surface area contributed by atoms with Crippen LogP contribution in [-0.4, -0.2) is 62.7 Å². The fourth-order valence-electron chi connectivity index (χ4n) is 1.30. The third kappa shape index (κ3) is 8.62. The van der Waals surface area contributed by atoms with Crippen LogP contribution in [0.5, 0.6) is 0 Å². The maximum atomic E-state index is 9.66. The van der Waals surface area contributed by atoms with E-state index in [9.17, 15) is 5.11 Å². The first-order chi connectivity index (χ1) is 7.74. The van der Waals surface area contributed by atoms with E-state index in [1.807, 2.05) is 11.8 Å². The Morgan fingerprint density at radius 1 is 1.44 bits per heavy atom. The first kappa shape index (κ1) is 15.3. The van der Waals surface area contributed by atoms with Gasteiger partial charge in [-0.05, 0) is 6.54 Å². The van der Waals surface area contributed by atoms with Crippen molar-refractivity contribution < 1.29 is 14.6 Å². The molecule has 0 aliphatic heterocycles. The molecule has 0 amide bonds. The van der Waals surface area contributed by atoms with Gasteiger partial charge in [-0.15, -0.1) is 0 Å². The van der Waals surface area contributed by atoms with E-state index in [0.717, 1.165) is 6.54 Å². The lowest BCUT2D eigenvalue weighted by atomic mass is 10.3. The lowest BCUT2D eigenvalue weighted by Crippen LogP contribution is -2.35. The van der Waals surface area contributed by atoms with Crippen molar-refractivity contribution in [3.05, 3.63) is 0 Å². The van der Waals surface area contributed by atoms with Crippen molar-refractivity contribution in [2.45, 2.75) is 19.4 Å². The number of hydrogen-bond acceptors (Lipinski definition) is 5. The highest BCUT2D eigenvalue weighted by Gasteiger charge is 2.09. The third-order valence-corrected chi connectivity index (χ3v) is 2.20. The minimum Gasteiger partial charge on any atom is -0.389 e. The van der Waals surface area contributed by atoms with Gasteiger partial charge in [0.2, 0.25) is 0 Å². The van der Waals surface area contributed by atoms with Crippen molar-refractivity contribution in [2.75, 3.05) is 46.6 Å². The predicted octanol–water partition coefficient (Wildman–Crippen LogP) is 0.246. The average molecular weight is 230 g/mol. The summed E-state index contributed by atoms with van der Waals surface area (Å²) in [5.74, 6) is 0. The van der Waals surface area contributed by atoms with E-state index in [1.165, 1.54) is 0 Å². The summed E-state index contributed by atoms with van der Waals surface area (Å²) in [6.07, 6.45) is -0.0130. The summed E-state index contributed by atoms with van der Waals surface area (Å²) in [7, 11) is 1.61. The quantitative estimate of drug-likeness (QED) is 0.545. The summed E-state index contributed by atoms with van der Waals surface area (Å²) >= 11 is 0. The summed E-state index contributed by atoms with van der Waals surface area (Å²) in [6.45, 7) is 5.43. The highest BCUT2D eigenvalue weighted by atomic mass is 16.5. The predicted molar refractivity (Wildman–Crippen MR) is 61.0 cm³/mol. The Kier molecular flexibility index (Phi) is 10.4. The van der Waals surface area contributed by atoms with Gasteiger partial charge in [0, 0.05) is 26.6 Å². The number of nitriles is 1. The van der Waals surface area contributed by atoms with E-state index in [0.29, 0.717) is 39.3 Å². The SMILES string of the molecule is CCN(CCC#N)CC(O)COCCOC. The molecule has 94 valence electrons. The second kappa shape index (κ2) is 10.8. The molecule has 0 aromatic carbocycles. The zero-order chi connectivity index (χ0) is 12.2. The molecule has 1 atom stereocenters. The number of hydrogen-bond donors (Lipinski definition) is 1. The van der Waals surface area contributed by atoms with Gasteiger partial charge in [0.05, 0.1) is 32.0 Å². The van der Waals surface area contributed by atoms with E-state index in [1.54, 1.807) is 7.11 Å². The van der Waals surface area contributed by atoms with Gasteiger partial charge in [0.1, 0.15) is 0 Å². The Balaban J connectivity index is 3.57. The zero-order valence-electron chi connectivity index (χ0n) is 10.2. The maximum absolute atomic E-state index is 9.66. The van der Waals surface area contributed by atoms with Crippen LogP contribution >= 0.6 is 0 Å². The molecule has 0 radical (unpaired) electrons. The minimum atomic E-state index is -0.504. The van der Waals surface area contributed by atoms with Crippen molar-refractivity contribution in [1.29, 1.82) is 5.26 Å². The van der Waals surface area contributed by atoms with Crippen LogP contribution in [0.4, 0.5) is 0 Å². The summed E-state index contributed by atoms with van der Waals surface area (Å²) in [5, 5.41) is 18.1. The summed E-state index contributed by atoms with van der Waals surface area (Å²) < 4.78 is 10.0. The van der Waals surface area contributed by atoms with E-state index < -0.39 is 6.10 Å². The minimum absolute atomic E-state index is 0.312. The molecule has 0 aromatic heterocycles. The summed E-state index contributed by atoms with van der Waals surface area (Å²) in [6, 6.07) is 2.09. The first-order valence-corrected chi connectivity index (χ1v) is 5.58. The van der Waals surface area contributed by atoms with E-state index in [-0.39, 0.29) is 0 Å². The highest BCUT2D eigenvalue weighted by molar-refractivity contribution is 4.73. The van der Waals surface area contributed by atoms with Gasteiger partial charge in [0.15, 0.2) is 0 Å². The number of ether oxygens (including phenoxy) is 2. The first-order valence-electron chi connectivity index (χ1n) is 5.58. The maximum Gasteiger partial charge on any atom is 0.0900 e. The second-order valence-corrected chi connectivity index (χ2v) is 3.52. The van der Waals surface area contributed by atoms with Crippen molar-refractivity contribution in [2.24, 2.45) is 0 Å². The van der Waals surface area contributed by atoms with Gasteiger partial charge in [-0.1, -0.05) is 6.92 Å². The number of rotatable bonds is 10. The van der Waals surface area contributed by atoms with Crippen LogP contribution < -0.4 is 0 Å². The molecule has 5 heteroatoms. The number of aliphatic hydroxyl groups excluding tert-OH is 1. The van der Waals surface area contributed by atoms with E-state index in [4.69, 9.17) is 14.7 Å². The molecule has 1 N–H and O–H groups in total. The molecule has 0 aliphatic carbocycles. The van der Waals surface area contributed by atoms with Crippen LogP contribution in [0, 0.1) is 11.3 Å². The van der Waals surface area contributed by atoms with Crippen molar-refractivity contribution in [3.63, 3.8) is 0 Å². The van der Waals surface area contributed by atoms with Crippen LogP contribution in [0.25, 0.3) is 0 Å². The smallest absolute Gasteiger partial charge is 0.0900 e. The fourth-order valence-corrected chi connectivity index (χ4v) is 1.30. The van der Waals surface area contributed by atoms with Crippen LogP contribution in [0.1, 0.15) is 13.3 Å². The standard InChI is InChI=1S/C11H22N2O3/c1-3-13(6-4-5-12)9-11(14)10-16-8-7-15-2/h11,14H,3-4,6-10H2,1-2H3. The molecule has 0 aliphatic rings. The average Bonchev–Trinajstić information content (AvgIpc) is 2.30. The molecule has 0 spiro atoms. The monoisotopic (exact) mass is 230 g/mol. The topological polar surface area (TPSA) is 65.7 Å². The van der Waals surface area contributed by atoms with E-state index >= 15 is 0 Å². The second-order valence-electron chi connectivity index (χ2n) is 3.52. The number of likely N-dealkylation sites (N-methyl/N-ethyl adjacent to an activating group) is 1. The molecular formula is C11H22N2O3. The molecule has 1 unspecified atom stereocenters. The highest BCUT2D eigenvalue weighted by Crippen LogP contribution is 1.95. The Labute approximate surface area is 97.6 Å². The lowest BCUT2D eigenvalue weighted by Gasteiger charge is -2.22. The van der Waals surface area contributed by atoms with Gasteiger partial charge < -0.3 is 14.6 Å². The fraction of sp³-hybridized carbons (Fsp3) is 0.909. The van der Waals surface area contributed by atoms with Crippen LogP contribution in [-0.2, 0) is 9.47 Å². The molecule has 0 fully saturated rings. The van der Waals surface area contributed by atoms with Gasteiger partial charge in [-0.3, -0.25) is 4.90 Å². The number of aliphatic hydroxyl groups is 1. The molecule has 0 heterocycles. The Hall–Kier alpha value is -0.670. The molecule has 0 rings (SSSR count). The molecule has 5 nitrogen and oxygen atoms in total. The van der Waals surface area contributed by atoms with Crippen molar-refractivity contribution in [3.8, 4) is 6.07 Å². The van der Waals surface area contributed by atoms with Gasteiger partial charge in [-0.2, -0.15) is 5.26 Å². The number of methoxy groups -OCH3 is 1. The molecule has 0 aromatic rings. The molecule has 0 saturated carbocycles. The Morgan fingerprint density at radius 3 is 2.75 bits per heavy atom. The number of nitrogens with zero attached hydrogens (tertiary/aromatic N) is 2. The summed E-state index contributed by atoms with van der Waals surface area (Å²) in [4.78, 5) is 2.04. The summed E-state index contributed by atoms with van der Waals surface area (Å²) in [5.41, 5.74) is 0. The van der Waals surface area contributed by atoms with Gasteiger partial charge in [-0.25, -0.2) is 0 Å². The van der Waals surface area contributed by atoms with Crippen LogP contribution in [0.3, 0.4) is 0 Å². The third-order valence-electron chi connectivity index (χ3n) is 2.20. The zero-order valence-corrected chi connectivity index (χ0v) is 10.2.